The smallest absolute Gasteiger partial charge is 0.135 e. The van der Waals surface area contributed by atoms with Crippen molar-refractivity contribution >= 4 is 5.78 Å². The van der Waals surface area contributed by atoms with Crippen LogP contribution in [0.2, 0.25) is 0 Å². The van der Waals surface area contributed by atoms with E-state index in [1.165, 1.54) is 25.7 Å². The Morgan fingerprint density at radius 2 is 1.63 bits per heavy atom. The summed E-state index contributed by atoms with van der Waals surface area (Å²) in [5, 5.41) is 19.5. The number of Topliss-reactive ketones (excluding diaryl/α,β-unsaturated/α-hetero) is 1. The van der Waals surface area contributed by atoms with Gasteiger partial charge < -0.3 is 10.2 Å². The van der Waals surface area contributed by atoms with Crippen LogP contribution in [0.4, 0.5) is 0 Å². The van der Waals surface area contributed by atoms with E-state index in [-0.39, 0.29) is 24.2 Å². The first-order valence-electron chi connectivity index (χ1n) is 7.96. The molecule has 1 aliphatic carbocycles. The number of hydrogen-bond acceptors (Lipinski definition) is 3. The van der Waals surface area contributed by atoms with Gasteiger partial charge in [-0.2, -0.15) is 0 Å². The summed E-state index contributed by atoms with van der Waals surface area (Å²) in [6, 6.07) is 0. The van der Waals surface area contributed by atoms with Gasteiger partial charge >= 0.3 is 0 Å². The van der Waals surface area contributed by atoms with Crippen molar-refractivity contribution < 1.29 is 15.0 Å². The zero-order valence-electron chi connectivity index (χ0n) is 12.3. The van der Waals surface area contributed by atoms with E-state index in [1.807, 2.05) is 6.92 Å². The summed E-state index contributed by atoms with van der Waals surface area (Å²) in [6.45, 7) is 1.94. The normalized spacial score (nSPS) is 32.8. The van der Waals surface area contributed by atoms with E-state index in [2.05, 4.69) is 0 Å². The summed E-state index contributed by atoms with van der Waals surface area (Å²) < 4.78 is 0. The van der Waals surface area contributed by atoms with E-state index in [1.54, 1.807) is 0 Å². The van der Waals surface area contributed by atoms with E-state index < -0.39 is 6.10 Å². The molecule has 1 aliphatic rings. The van der Waals surface area contributed by atoms with E-state index in [4.69, 9.17) is 0 Å². The minimum absolute atomic E-state index is 0.0298. The van der Waals surface area contributed by atoms with Gasteiger partial charge in [-0.15, -0.1) is 0 Å². The van der Waals surface area contributed by atoms with Crippen LogP contribution in [0.25, 0.3) is 0 Å². The Hall–Kier alpha value is -0.410. The Morgan fingerprint density at radius 1 is 1.05 bits per heavy atom. The molecule has 3 heteroatoms. The average molecular weight is 270 g/mol. The number of hydrogen-bond donors (Lipinski definition) is 2. The van der Waals surface area contributed by atoms with E-state index in [0.717, 1.165) is 25.7 Å². The van der Waals surface area contributed by atoms with Gasteiger partial charge in [0, 0.05) is 24.9 Å². The van der Waals surface area contributed by atoms with Crippen LogP contribution in [0.15, 0.2) is 0 Å². The highest BCUT2D eigenvalue weighted by Gasteiger charge is 2.23. The summed E-state index contributed by atoms with van der Waals surface area (Å²) in [5.41, 5.74) is 0. The van der Waals surface area contributed by atoms with Gasteiger partial charge in [-0.05, 0) is 19.3 Å². The van der Waals surface area contributed by atoms with Crippen LogP contribution in [-0.2, 0) is 4.79 Å². The molecule has 0 aromatic carbocycles. The molecule has 0 spiro atoms. The molecule has 0 heterocycles. The molecule has 0 radical (unpaired) electrons. The van der Waals surface area contributed by atoms with Gasteiger partial charge in [0.1, 0.15) is 5.78 Å². The molecule has 112 valence electrons. The lowest BCUT2D eigenvalue weighted by molar-refractivity contribution is -0.123. The third kappa shape index (κ3) is 6.53. The molecular formula is C16H30O3. The number of rotatable bonds is 1. The molecular weight excluding hydrogens is 240 g/mol. The molecule has 1 rings (SSSR count). The number of aliphatic hydroxyl groups is 2. The summed E-state index contributed by atoms with van der Waals surface area (Å²) in [5.74, 6) is 0.137. The van der Waals surface area contributed by atoms with Gasteiger partial charge in [-0.25, -0.2) is 0 Å². The Balaban J connectivity index is 2.52. The van der Waals surface area contributed by atoms with E-state index >= 15 is 0 Å². The molecule has 0 amide bonds. The fourth-order valence-electron chi connectivity index (χ4n) is 2.93. The molecule has 1 fully saturated rings. The lowest BCUT2D eigenvalue weighted by Gasteiger charge is -2.23. The summed E-state index contributed by atoms with van der Waals surface area (Å²) in [4.78, 5) is 12.0. The maximum atomic E-state index is 12.0. The molecule has 0 saturated heterocycles. The number of carbonyl (C=O) groups excluding carboxylic acids is 1. The van der Waals surface area contributed by atoms with Crippen LogP contribution >= 0.6 is 0 Å². The Morgan fingerprint density at radius 3 is 2.26 bits per heavy atom. The Kier molecular flexibility index (Phi) is 8.31. The highest BCUT2D eigenvalue weighted by molar-refractivity contribution is 5.80. The fourth-order valence-corrected chi connectivity index (χ4v) is 2.93. The van der Waals surface area contributed by atoms with Crippen LogP contribution in [0.5, 0.6) is 0 Å². The van der Waals surface area contributed by atoms with Crippen molar-refractivity contribution in [2.24, 2.45) is 11.8 Å². The quantitative estimate of drug-likeness (QED) is 0.770. The first kappa shape index (κ1) is 16.6. The van der Waals surface area contributed by atoms with Crippen molar-refractivity contribution in [2.75, 3.05) is 6.61 Å². The highest BCUT2D eigenvalue weighted by Crippen LogP contribution is 2.22. The third-order valence-electron chi connectivity index (χ3n) is 4.42. The van der Waals surface area contributed by atoms with E-state index in [0.29, 0.717) is 12.8 Å². The molecule has 19 heavy (non-hydrogen) atoms. The average Bonchev–Trinajstić information content (AvgIpc) is 2.39. The predicted molar refractivity (Wildman–Crippen MR) is 76.9 cm³/mol. The van der Waals surface area contributed by atoms with Crippen LogP contribution in [0, 0.1) is 11.8 Å². The van der Waals surface area contributed by atoms with Gasteiger partial charge in [0.15, 0.2) is 0 Å². The number of carbonyl (C=O) groups is 1. The second-order valence-electron chi connectivity index (χ2n) is 6.13. The topological polar surface area (TPSA) is 57.5 Å². The Labute approximate surface area is 117 Å². The van der Waals surface area contributed by atoms with Gasteiger partial charge in [0.2, 0.25) is 0 Å². The van der Waals surface area contributed by atoms with Crippen LogP contribution in [0.3, 0.4) is 0 Å². The predicted octanol–water partition coefficient (Wildman–Crippen LogP) is 3.08. The summed E-state index contributed by atoms with van der Waals surface area (Å²) >= 11 is 0. The zero-order valence-corrected chi connectivity index (χ0v) is 12.3. The molecule has 0 unspecified atom stereocenters. The van der Waals surface area contributed by atoms with Crippen molar-refractivity contribution in [1.82, 2.24) is 0 Å². The first-order chi connectivity index (χ1) is 9.15. The van der Waals surface area contributed by atoms with Crippen LogP contribution in [-0.4, -0.2) is 28.7 Å². The van der Waals surface area contributed by atoms with Gasteiger partial charge in [0.05, 0.1) is 6.10 Å². The lowest BCUT2D eigenvalue weighted by atomic mass is 9.87. The maximum Gasteiger partial charge on any atom is 0.135 e. The second kappa shape index (κ2) is 9.49. The standard InChI is InChI=1S/C16H30O3/c1-13-11-16(19)14(12-17)9-7-5-3-2-4-6-8-10-15(13)18/h13-14,16-17,19H,2-12H2,1H3/t13-,14+,16-/m0/s1. The van der Waals surface area contributed by atoms with Crippen molar-refractivity contribution in [3.8, 4) is 0 Å². The van der Waals surface area contributed by atoms with Crippen molar-refractivity contribution in [2.45, 2.75) is 77.2 Å². The van der Waals surface area contributed by atoms with Crippen LogP contribution in [0.1, 0.15) is 71.1 Å². The van der Waals surface area contributed by atoms with Crippen LogP contribution < -0.4 is 0 Å². The molecule has 3 atom stereocenters. The second-order valence-corrected chi connectivity index (χ2v) is 6.13. The minimum Gasteiger partial charge on any atom is -0.396 e. The van der Waals surface area contributed by atoms with Crippen molar-refractivity contribution in [1.29, 1.82) is 0 Å². The summed E-state index contributed by atoms with van der Waals surface area (Å²) in [6.07, 6.45) is 9.61. The number of aliphatic hydroxyl groups excluding tert-OH is 2. The first-order valence-corrected chi connectivity index (χ1v) is 7.96. The number of ketones is 1. The van der Waals surface area contributed by atoms with E-state index in [9.17, 15) is 15.0 Å². The van der Waals surface area contributed by atoms with Gasteiger partial charge in [0.25, 0.3) is 0 Å². The van der Waals surface area contributed by atoms with Crippen molar-refractivity contribution in [3.05, 3.63) is 0 Å². The van der Waals surface area contributed by atoms with Gasteiger partial charge in [-0.3, -0.25) is 4.79 Å². The molecule has 1 saturated carbocycles. The molecule has 0 aromatic rings. The monoisotopic (exact) mass is 270 g/mol. The highest BCUT2D eigenvalue weighted by atomic mass is 16.3. The lowest BCUT2D eigenvalue weighted by Crippen LogP contribution is -2.28. The minimum atomic E-state index is -0.535. The summed E-state index contributed by atoms with van der Waals surface area (Å²) in [7, 11) is 0. The molecule has 3 nitrogen and oxygen atoms in total. The SMILES string of the molecule is C[C@H]1C[C@H](O)[C@@H](CO)CCCCCCCCCC1=O. The molecule has 2 N–H and O–H groups in total. The van der Waals surface area contributed by atoms with Gasteiger partial charge in [-0.1, -0.05) is 45.4 Å². The largest absolute Gasteiger partial charge is 0.396 e. The maximum absolute atomic E-state index is 12.0. The molecule has 0 aliphatic heterocycles. The third-order valence-corrected chi connectivity index (χ3v) is 4.42. The Bertz CT molecular complexity index is 252. The molecule has 0 bridgehead atoms. The molecule has 0 aromatic heterocycles. The zero-order chi connectivity index (χ0) is 14.1. The fraction of sp³-hybridized carbons (Fsp3) is 0.938. The van der Waals surface area contributed by atoms with Crippen molar-refractivity contribution in [3.63, 3.8) is 0 Å².